The van der Waals surface area contributed by atoms with Crippen molar-refractivity contribution in [1.82, 2.24) is 0 Å². The number of hydrogen-bond acceptors (Lipinski definition) is 3. The van der Waals surface area contributed by atoms with Gasteiger partial charge in [0.25, 0.3) is 0 Å². The second kappa shape index (κ2) is 5.39. The predicted molar refractivity (Wildman–Crippen MR) is 67.4 cm³/mol. The highest BCUT2D eigenvalue weighted by Crippen LogP contribution is 2.25. The van der Waals surface area contributed by atoms with Gasteiger partial charge >= 0.3 is 5.97 Å². The van der Waals surface area contributed by atoms with E-state index in [-0.39, 0.29) is 11.8 Å². The Morgan fingerprint density at radius 3 is 2.83 bits per heavy atom. The molecule has 2 rings (SSSR count). The van der Waals surface area contributed by atoms with E-state index >= 15 is 0 Å². The fourth-order valence-electron chi connectivity index (χ4n) is 1.75. The minimum atomic E-state index is -1.35. The third kappa shape index (κ3) is 2.81. The SMILES string of the molecule is O=C(O)c1cc(NC(=O)C2CCSC2)ccc1F. The van der Waals surface area contributed by atoms with E-state index in [9.17, 15) is 14.0 Å². The highest BCUT2D eigenvalue weighted by molar-refractivity contribution is 7.99. The molecule has 1 aliphatic rings. The second-order valence-electron chi connectivity index (χ2n) is 4.05. The Hall–Kier alpha value is -1.56. The molecule has 1 aromatic rings. The van der Waals surface area contributed by atoms with Crippen LogP contribution in [0.25, 0.3) is 0 Å². The van der Waals surface area contributed by atoms with Crippen LogP contribution in [0.5, 0.6) is 0 Å². The standard InChI is InChI=1S/C12H12FNO3S/c13-10-2-1-8(5-9(10)12(16)17)14-11(15)7-3-4-18-6-7/h1-2,5,7H,3-4,6H2,(H,14,15)(H,16,17). The molecule has 18 heavy (non-hydrogen) atoms. The quantitative estimate of drug-likeness (QED) is 0.883. The Labute approximate surface area is 108 Å². The van der Waals surface area contributed by atoms with Gasteiger partial charge in [0.15, 0.2) is 0 Å². The zero-order valence-electron chi connectivity index (χ0n) is 9.48. The maximum atomic E-state index is 13.2. The van der Waals surface area contributed by atoms with E-state index in [1.807, 2.05) is 0 Å². The molecule has 1 aromatic carbocycles. The number of benzene rings is 1. The summed E-state index contributed by atoms with van der Waals surface area (Å²) in [5.74, 6) is -0.603. The predicted octanol–water partition coefficient (Wildman–Crippen LogP) is 2.22. The van der Waals surface area contributed by atoms with E-state index in [1.165, 1.54) is 6.07 Å². The molecule has 2 N–H and O–H groups in total. The Kier molecular flexibility index (Phi) is 3.86. The van der Waals surface area contributed by atoms with Crippen LogP contribution in [0.15, 0.2) is 18.2 Å². The fraction of sp³-hybridized carbons (Fsp3) is 0.333. The van der Waals surface area contributed by atoms with Crippen LogP contribution in [-0.4, -0.2) is 28.5 Å². The number of thioether (sulfide) groups is 1. The molecule has 1 unspecified atom stereocenters. The molecule has 6 heteroatoms. The summed E-state index contributed by atoms with van der Waals surface area (Å²) >= 11 is 1.72. The van der Waals surface area contributed by atoms with E-state index in [0.717, 1.165) is 30.1 Å². The number of rotatable bonds is 3. The number of carbonyl (C=O) groups is 2. The minimum absolute atomic E-state index is 0.0478. The lowest BCUT2D eigenvalue weighted by Gasteiger charge is -2.10. The molecular weight excluding hydrogens is 257 g/mol. The lowest BCUT2D eigenvalue weighted by Crippen LogP contribution is -2.22. The van der Waals surface area contributed by atoms with Crippen molar-refractivity contribution in [2.24, 2.45) is 5.92 Å². The van der Waals surface area contributed by atoms with E-state index < -0.39 is 17.3 Å². The molecule has 1 atom stereocenters. The van der Waals surface area contributed by atoms with E-state index in [1.54, 1.807) is 11.8 Å². The summed E-state index contributed by atoms with van der Waals surface area (Å²) in [6, 6.07) is 3.54. The Balaban J connectivity index is 2.11. The highest BCUT2D eigenvalue weighted by atomic mass is 32.2. The highest BCUT2D eigenvalue weighted by Gasteiger charge is 2.23. The average molecular weight is 269 g/mol. The number of anilines is 1. The van der Waals surface area contributed by atoms with Gasteiger partial charge in [-0.05, 0) is 30.4 Å². The Morgan fingerprint density at radius 2 is 2.22 bits per heavy atom. The van der Waals surface area contributed by atoms with Gasteiger partial charge in [-0.3, -0.25) is 4.79 Å². The molecule has 96 valence electrons. The van der Waals surface area contributed by atoms with Gasteiger partial charge < -0.3 is 10.4 Å². The number of aromatic carboxylic acids is 1. The summed E-state index contributed by atoms with van der Waals surface area (Å²) in [5, 5.41) is 11.4. The summed E-state index contributed by atoms with van der Waals surface area (Å²) in [7, 11) is 0. The molecule has 0 bridgehead atoms. The van der Waals surface area contributed by atoms with Crippen molar-refractivity contribution in [2.45, 2.75) is 6.42 Å². The summed E-state index contributed by atoms with van der Waals surface area (Å²) < 4.78 is 13.2. The van der Waals surface area contributed by atoms with Crippen LogP contribution in [0.2, 0.25) is 0 Å². The number of amides is 1. The number of carbonyl (C=O) groups excluding carboxylic acids is 1. The van der Waals surface area contributed by atoms with Gasteiger partial charge in [0.1, 0.15) is 5.82 Å². The first kappa shape index (κ1) is 12.9. The second-order valence-corrected chi connectivity index (χ2v) is 5.20. The van der Waals surface area contributed by atoms with Crippen LogP contribution in [-0.2, 0) is 4.79 Å². The monoisotopic (exact) mass is 269 g/mol. The van der Waals surface area contributed by atoms with Crippen LogP contribution in [0.1, 0.15) is 16.8 Å². The topological polar surface area (TPSA) is 66.4 Å². The third-order valence-corrected chi connectivity index (χ3v) is 3.93. The van der Waals surface area contributed by atoms with Gasteiger partial charge in [0, 0.05) is 17.4 Å². The lowest BCUT2D eigenvalue weighted by molar-refractivity contribution is -0.119. The van der Waals surface area contributed by atoms with Crippen molar-refractivity contribution < 1.29 is 19.1 Å². The van der Waals surface area contributed by atoms with Crippen LogP contribution in [0, 0.1) is 11.7 Å². The van der Waals surface area contributed by atoms with Crippen molar-refractivity contribution in [3.63, 3.8) is 0 Å². The number of carboxylic acid groups (broad SMARTS) is 1. The van der Waals surface area contributed by atoms with Crippen LogP contribution in [0.3, 0.4) is 0 Å². The first-order valence-corrected chi connectivity index (χ1v) is 6.65. The first-order valence-electron chi connectivity index (χ1n) is 5.49. The molecule has 0 aromatic heterocycles. The van der Waals surface area contributed by atoms with E-state index in [4.69, 9.17) is 5.11 Å². The zero-order chi connectivity index (χ0) is 13.1. The molecule has 4 nitrogen and oxygen atoms in total. The summed E-state index contributed by atoms with van der Waals surface area (Å²) in [5.41, 5.74) is -0.121. The smallest absolute Gasteiger partial charge is 0.338 e. The molecule has 1 heterocycles. The van der Waals surface area contributed by atoms with Gasteiger partial charge in [0.2, 0.25) is 5.91 Å². The third-order valence-electron chi connectivity index (χ3n) is 2.76. The molecule has 0 saturated carbocycles. The molecule has 0 spiro atoms. The molecule has 1 aliphatic heterocycles. The van der Waals surface area contributed by atoms with Crippen LogP contribution < -0.4 is 5.32 Å². The minimum Gasteiger partial charge on any atom is -0.478 e. The molecule has 1 saturated heterocycles. The van der Waals surface area contributed by atoms with Crippen molar-refractivity contribution in [3.05, 3.63) is 29.6 Å². The summed E-state index contributed by atoms with van der Waals surface area (Å²) in [4.78, 5) is 22.6. The van der Waals surface area contributed by atoms with Crippen molar-refractivity contribution >= 4 is 29.3 Å². The van der Waals surface area contributed by atoms with E-state index in [2.05, 4.69) is 5.32 Å². The Bertz CT molecular complexity index is 486. The average Bonchev–Trinajstić information content (AvgIpc) is 2.85. The van der Waals surface area contributed by atoms with Crippen molar-refractivity contribution in [3.8, 4) is 0 Å². The van der Waals surface area contributed by atoms with Gasteiger partial charge in [-0.1, -0.05) is 0 Å². The number of carboxylic acids is 1. The van der Waals surface area contributed by atoms with Crippen molar-refractivity contribution in [2.75, 3.05) is 16.8 Å². The molecule has 1 fully saturated rings. The lowest BCUT2D eigenvalue weighted by atomic mass is 10.1. The van der Waals surface area contributed by atoms with Gasteiger partial charge in [0.05, 0.1) is 5.56 Å². The largest absolute Gasteiger partial charge is 0.478 e. The van der Waals surface area contributed by atoms with E-state index in [0.29, 0.717) is 5.69 Å². The van der Waals surface area contributed by atoms with Gasteiger partial charge in [-0.2, -0.15) is 11.8 Å². The molecule has 0 radical (unpaired) electrons. The van der Waals surface area contributed by atoms with Crippen molar-refractivity contribution in [1.29, 1.82) is 0 Å². The molecule has 0 aliphatic carbocycles. The summed E-state index contributed by atoms with van der Waals surface area (Å²) in [6.07, 6.45) is 0.823. The van der Waals surface area contributed by atoms with Crippen LogP contribution >= 0.6 is 11.8 Å². The molecular formula is C12H12FNO3S. The van der Waals surface area contributed by atoms with Gasteiger partial charge in [-0.15, -0.1) is 0 Å². The molecule has 1 amide bonds. The summed E-state index contributed by atoms with van der Waals surface area (Å²) in [6.45, 7) is 0. The first-order chi connectivity index (χ1) is 8.58. The van der Waals surface area contributed by atoms with Gasteiger partial charge in [-0.25, -0.2) is 9.18 Å². The number of hydrogen-bond donors (Lipinski definition) is 2. The normalized spacial score (nSPS) is 18.6. The number of nitrogens with one attached hydrogen (secondary N) is 1. The maximum Gasteiger partial charge on any atom is 0.338 e. The zero-order valence-corrected chi connectivity index (χ0v) is 10.3. The Morgan fingerprint density at radius 1 is 1.44 bits per heavy atom. The van der Waals surface area contributed by atoms with Crippen LogP contribution in [0.4, 0.5) is 10.1 Å². The number of halogens is 1. The maximum absolute atomic E-state index is 13.2. The fourth-order valence-corrected chi connectivity index (χ4v) is 2.97.